The molecule has 0 aliphatic rings. The summed E-state index contributed by atoms with van der Waals surface area (Å²) in [5.41, 5.74) is 0.765. The Balaban J connectivity index is 1.36. The lowest BCUT2D eigenvalue weighted by Gasteiger charge is -2.10. The molecule has 39 heavy (non-hydrogen) atoms. The summed E-state index contributed by atoms with van der Waals surface area (Å²) in [6.07, 6.45) is 5.85. The van der Waals surface area contributed by atoms with E-state index in [0.29, 0.717) is 12.2 Å². The van der Waals surface area contributed by atoms with E-state index in [9.17, 15) is 14.4 Å². The molecule has 0 unspecified atom stereocenters. The lowest BCUT2D eigenvalue weighted by atomic mass is 10.0. The summed E-state index contributed by atoms with van der Waals surface area (Å²) < 4.78 is 16.7. The van der Waals surface area contributed by atoms with Crippen molar-refractivity contribution in [2.75, 3.05) is 6.61 Å². The van der Waals surface area contributed by atoms with Crippen LogP contribution in [0.3, 0.4) is 0 Å². The number of aromatic carboxylic acids is 1. The van der Waals surface area contributed by atoms with Gasteiger partial charge in [-0.2, -0.15) is 0 Å². The molecule has 200 valence electrons. The fourth-order valence-electron chi connectivity index (χ4n) is 4.08. The zero-order valence-corrected chi connectivity index (χ0v) is 21.7. The number of carboxylic acids is 1. The number of hydrogen-bond acceptors (Lipinski definition) is 6. The van der Waals surface area contributed by atoms with Gasteiger partial charge in [-0.25, -0.2) is 14.4 Å². The average Bonchev–Trinajstić information content (AvgIpc) is 2.95. The summed E-state index contributed by atoms with van der Waals surface area (Å²) in [7, 11) is 0. The van der Waals surface area contributed by atoms with Crippen molar-refractivity contribution in [3.05, 3.63) is 102 Å². The van der Waals surface area contributed by atoms with E-state index >= 15 is 0 Å². The zero-order valence-electron chi connectivity index (χ0n) is 21.7. The summed E-state index contributed by atoms with van der Waals surface area (Å²) in [5.74, 6) is -0.935. The Morgan fingerprint density at radius 2 is 1.28 bits per heavy atom. The van der Waals surface area contributed by atoms with E-state index in [4.69, 9.17) is 19.3 Å². The summed E-state index contributed by atoms with van der Waals surface area (Å²) in [6.45, 7) is 2.86. The van der Waals surface area contributed by atoms with Crippen molar-refractivity contribution in [3.63, 3.8) is 0 Å². The third kappa shape index (κ3) is 7.45. The van der Waals surface area contributed by atoms with E-state index in [1.165, 1.54) is 67.8 Å². The van der Waals surface area contributed by atoms with Gasteiger partial charge in [0.1, 0.15) is 17.2 Å². The van der Waals surface area contributed by atoms with Gasteiger partial charge in [0, 0.05) is 0 Å². The molecular formula is C32H30O7. The fraction of sp³-hybridized carbons (Fsp3) is 0.219. The van der Waals surface area contributed by atoms with Crippen molar-refractivity contribution in [2.45, 2.75) is 39.0 Å². The molecule has 0 fully saturated rings. The van der Waals surface area contributed by atoms with Crippen LogP contribution in [0.2, 0.25) is 0 Å². The highest BCUT2D eigenvalue weighted by Crippen LogP contribution is 2.26. The van der Waals surface area contributed by atoms with Gasteiger partial charge < -0.3 is 19.3 Å². The molecule has 0 aromatic heterocycles. The van der Waals surface area contributed by atoms with Gasteiger partial charge in [0.05, 0.1) is 23.3 Å². The number of esters is 2. The Morgan fingerprint density at radius 3 is 1.95 bits per heavy atom. The Morgan fingerprint density at radius 1 is 0.667 bits per heavy atom. The van der Waals surface area contributed by atoms with E-state index in [-0.39, 0.29) is 22.6 Å². The predicted molar refractivity (Wildman–Crippen MR) is 148 cm³/mol. The molecule has 0 radical (unpaired) electrons. The Bertz CT molecular complexity index is 1440. The van der Waals surface area contributed by atoms with E-state index in [1.54, 1.807) is 12.1 Å². The smallest absolute Gasteiger partial charge is 0.344 e. The molecule has 0 aliphatic carbocycles. The normalized spacial score (nSPS) is 10.7. The largest absolute Gasteiger partial charge is 0.494 e. The molecule has 1 N–H and O–H groups in total. The lowest BCUT2D eigenvalue weighted by molar-refractivity contribution is 0.0694. The van der Waals surface area contributed by atoms with Crippen molar-refractivity contribution in [3.8, 4) is 17.2 Å². The molecule has 0 aliphatic heterocycles. The monoisotopic (exact) mass is 526 g/mol. The van der Waals surface area contributed by atoms with Gasteiger partial charge >= 0.3 is 17.9 Å². The first-order valence-electron chi connectivity index (χ1n) is 13.0. The number of benzene rings is 4. The van der Waals surface area contributed by atoms with Gasteiger partial charge in [0.15, 0.2) is 0 Å². The van der Waals surface area contributed by atoms with E-state index in [1.807, 2.05) is 24.3 Å². The van der Waals surface area contributed by atoms with Gasteiger partial charge in [-0.05, 0) is 90.0 Å². The average molecular weight is 527 g/mol. The molecule has 0 saturated carbocycles. The number of carboxylic acid groups (broad SMARTS) is 1. The molecule has 0 amide bonds. The SMILES string of the molecule is CCCCCCCOc1ccc2c(C(=O)Oc3ccc(C(=O)Oc4ccc(C(=O)O)cc4)cc3)cccc2c1. The third-order valence-corrected chi connectivity index (χ3v) is 6.20. The molecule has 0 bridgehead atoms. The molecule has 4 rings (SSSR count). The Kier molecular flexibility index (Phi) is 9.29. The molecule has 7 heteroatoms. The van der Waals surface area contributed by atoms with Crippen molar-refractivity contribution in [1.82, 2.24) is 0 Å². The summed E-state index contributed by atoms with van der Waals surface area (Å²) in [6, 6.07) is 22.6. The van der Waals surface area contributed by atoms with E-state index < -0.39 is 17.9 Å². The van der Waals surface area contributed by atoms with Crippen LogP contribution in [0.15, 0.2) is 84.9 Å². The standard InChI is InChI=1S/C32H30O7/c1-2-3-4-5-6-20-37-27-18-19-28-24(21-27)8-7-9-29(28)32(36)39-26-16-12-23(13-17-26)31(35)38-25-14-10-22(11-15-25)30(33)34/h7-19,21H,2-6,20H2,1H3,(H,33,34). The van der Waals surface area contributed by atoms with Gasteiger partial charge in [-0.3, -0.25) is 0 Å². The second-order valence-corrected chi connectivity index (χ2v) is 9.08. The number of carbonyl (C=O) groups is 3. The lowest BCUT2D eigenvalue weighted by Crippen LogP contribution is -2.11. The first-order valence-corrected chi connectivity index (χ1v) is 13.0. The van der Waals surface area contributed by atoms with Crippen LogP contribution in [0.5, 0.6) is 17.2 Å². The Labute approximate surface area is 226 Å². The van der Waals surface area contributed by atoms with Crippen molar-refractivity contribution in [2.24, 2.45) is 0 Å². The van der Waals surface area contributed by atoms with Gasteiger partial charge in [0.2, 0.25) is 0 Å². The van der Waals surface area contributed by atoms with Gasteiger partial charge in [-0.1, -0.05) is 44.7 Å². The highest BCUT2D eigenvalue weighted by molar-refractivity contribution is 6.05. The second-order valence-electron chi connectivity index (χ2n) is 9.08. The summed E-state index contributed by atoms with van der Waals surface area (Å²) in [5, 5.41) is 10.6. The number of hydrogen-bond donors (Lipinski definition) is 1. The minimum Gasteiger partial charge on any atom is -0.494 e. The van der Waals surface area contributed by atoms with E-state index in [2.05, 4.69) is 6.92 Å². The molecule has 0 atom stereocenters. The van der Waals surface area contributed by atoms with Crippen LogP contribution in [0.4, 0.5) is 0 Å². The molecule has 0 saturated heterocycles. The molecule has 0 heterocycles. The van der Waals surface area contributed by atoms with Crippen LogP contribution in [0.25, 0.3) is 10.8 Å². The zero-order chi connectivity index (χ0) is 27.6. The highest BCUT2D eigenvalue weighted by Gasteiger charge is 2.15. The van der Waals surface area contributed by atoms with Crippen LogP contribution in [-0.2, 0) is 0 Å². The summed E-state index contributed by atoms with van der Waals surface area (Å²) in [4.78, 5) is 36.3. The van der Waals surface area contributed by atoms with Gasteiger partial charge in [0.25, 0.3) is 0 Å². The maximum atomic E-state index is 13.0. The molecule has 7 nitrogen and oxygen atoms in total. The minimum atomic E-state index is -1.07. The summed E-state index contributed by atoms with van der Waals surface area (Å²) >= 11 is 0. The maximum absolute atomic E-state index is 13.0. The third-order valence-electron chi connectivity index (χ3n) is 6.20. The number of carbonyl (C=O) groups excluding carboxylic acids is 2. The number of ether oxygens (including phenoxy) is 3. The van der Waals surface area contributed by atoms with Crippen molar-refractivity contribution < 1.29 is 33.7 Å². The number of fused-ring (bicyclic) bond motifs is 1. The molecule has 4 aromatic carbocycles. The molecule has 4 aromatic rings. The van der Waals surface area contributed by atoms with Crippen molar-refractivity contribution >= 4 is 28.7 Å². The van der Waals surface area contributed by atoms with Gasteiger partial charge in [-0.15, -0.1) is 0 Å². The van der Waals surface area contributed by atoms with Crippen LogP contribution >= 0.6 is 0 Å². The van der Waals surface area contributed by atoms with Crippen LogP contribution in [0.1, 0.15) is 70.1 Å². The van der Waals surface area contributed by atoms with Crippen LogP contribution in [0, 0.1) is 0 Å². The Hall–Kier alpha value is -4.65. The topological polar surface area (TPSA) is 99.1 Å². The molecular weight excluding hydrogens is 496 g/mol. The maximum Gasteiger partial charge on any atom is 0.344 e. The first kappa shape index (κ1) is 27.4. The van der Waals surface area contributed by atoms with Crippen molar-refractivity contribution in [1.29, 1.82) is 0 Å². The second kappa shape index (κ2) is 13.2. The highest BCUT2D eigenvalue weighted by atomic mass is 16.5. The molecule has 0 spiro atoms. The number of unbranched alkanes of at least 4 members (excludes halogenated alkanes) is 4. The van der Waals surface area contributed by atoms with E-state index in [0.717, 1.165) is 29.4 Å². The fourth-order valence-corrected chi connectivity index (χ4v) is 4.08. The predicted octanol–water partition coefficient (Wildman–Crippen LogP) is 7.33. The minimum absolute atomic E-state index is 0.0918. The quantitative estimate of drug-likeness (QED) is 0.117. The van der Waals surface area contributed by atoms with Crippen LogP contribution in [-0.4, -0.2) is 29.6 Å². The first-order chi connectivity index (χ1) is 18.9. The van der Waals surface area contributed by atoms with Crippen LogP contribution < -0.4 is 14.2 Å². The number of rotatable bonds is 12.